The Morgan fingerprint density at radius 1 is 1.42 bits per heavy atom. The highest BCUT2D eigenvalue weighted by atomic mass is 16.3. The highest BCUT2D eigenvalue weighted by molar-refractivity contribution is 5.79. The predicted octanol–water partition coefficient (Wildman–Crippen LogP) is 1.50. The van der Waals surface area contributed by atoms with Crippen LogP contribution in [0.3, 0.4) is 0 Å². The summed E-state index contributed by atoms with van der Waals surface area (Å²) < 4.78 is 0. The predicted molar refractivity (Wildman–Crippen MR) is 48.0 cm³/mol. The van der Waals surface area contributed by atoms with Crippen LogP contribution in [-0.2, 0) is 0 Å². The van der Waals surface area contributed by atoms with Gasteiger partial charge in [0.05, 0.1) is 12.4 Å². The average Bonchev–Trinajstić information content (AvgIpc) is 2.06. The number of rotatable bonds is 3. The van der Waals surface area contributed by atoms with Gasteiger partial charge in [-0.2, -0.15) is 4.91 Å². The van der Waals surface area contributed by atoms with Crippen LogP contribution in [0.2, 0.25) is 0 Å². The summed E-state index contributed by atoms with van der Waals surface area (Å²) in [7, 11) is 0. The molecule has 1 saturated carbocycles. The molecule has 0 heterocycles. The first-order chi connectivity index (χ1) is 5.74. The number of nitrogens with one attached hydrogen (secondary N) is 1. The van der Waals surface area contributed by atoms with Gasteiger partial charge in [-0.3, -0.25) is 5.41 Å². The molecule has 0 aromatic rings. The number of hydrogen-bond donors (Lipinski definition) is 2. The van der Waals surface area contributed by atoms with E-state index < -0.39 is 0 Å². The zero-order chi connectivity index (χ0) is 8.97. The van der Waals surface area contributed by atoms with Gasteiger partial charge in [-0.25, -0.2) is 0 Å². The standard InChI is InChI=1S/C8H15N3O/c9-8(10)7-3-1-6(2-4-7)5-11-12/h6-7H,1-5H2,(H3,9,10). The first kappa shape index (κ1) is 9.16. The van der Waals surface area contributed by atoms with Gasteiger partial charge in [-0.1, -0.05) is 5.18 Å². The van der Waals surface area contributed by atoms with Crippen molar-refractivity contribution in [3.8, 4) is 0 Å². The molecular weight excluding hydrogens is 154 g/mol. The normalized spacial score (nSPS) is 29.7. The molecule has 1 fully saturated rings. The molecule has 0 aliphatic heterocycles. The molecule has 1 aliphatic rings. The Kier molecular flexibility index (Phi) is 3.19. The lowest BCUT2D eigenvalue weighted by molar-refractivity contribution is 0.327. The number of nitroso groups, excluding NO2 is 1. The van der Waals surface area contributed by atoms with E-state index in [0.717, 1.165) is 25.7 Å². The largest absolute Gasteiger partial charge is 0.387 e. The maximum absolute atomic E-state index is 9.97. The van der Waals surface area contributed by atoms with Crippen molar-refractivity contribution in [2.75, 3.05) is 6.54 Å². The molecule has 0 unspecified atom stereocenters. The monoisotopic (exact) mass is 169 g/mol. The number of amidine groups is 1. The van der Waals surface area contributed by atoms with E-state index in [9.17, 15) is 4.91 Å². The van der Waals surface area contributed by atoms with Crippen LogP contribution in [0.4, 0.5) is 0 Å². The zero-order valence-corrected chi connectivity index (χ0v) is 7.12. The molecular formula is C8H15N3O. The van der Waals surface area contributed by atoms with E-state index in [1.54, 1.807) is 0 Å². The van der Waals surface area contributed by atoms with E-state index in [1.165, 1.54) is 0 Å². The van der Waals surface area contributed by atoms with Crippen LogP contribution in [0, 0.1) is 22.2 Å². The molecule has 1 aliphatic carbocycles. The average molecular weight is 169 g/mol. The van der Waals surface area contributed by atoms with Gasteiger partial charge in [0.2, 0.25) is 0 Å². The number of nitrogens with zero attached hydrogens (tertiary/aromatic N) is 1. The van der Waals surface area contributed by atoms with E-state index in [2.05, 4.69) is 5.18 Å². The van der Waals surface area contributed by atoms with E-state index in [4.69, 9.17) is 11.1 Å². The summed E-state index contributed by atoms with van der Waals surface area (Å²) in [6.45, 7) is 0.435. The van der Waals surface area contributed by atoms with Crippen LogP contribution in [0.1, 0.15) is 25.7 Å². The third-order valence-corrected chi connectivity index (χ3v) is 2.62. The molecule has 0 saturated heterocycles. The van der Waals surface area contributed by atoms with Crippen LogP contribution < -0.4 is 5.73 Å². The van der Waals surface area contributed by atoms with Gasteiger partial charge in [-0.15, -0.1) is 0 Å². The SMILES string of the molecule is N=C(N)C1CCC(CN=O)CC1. The summed E-state index contributed by atoms with van der Waals surface area (Å²) in [6.07, 6.45) is 3.90. The molecule has 1 rings (SSSR count). The molecule has 4 nitrogen and oxygen atoms in total. The third-order valence-electron chi connectivity index (χ3n) is 2.62. The van der Waals surface area contributed by atoms with Crippen molar-refractivity contribution >= 4 is 5.84 Å². The lowest BCUT2D eigenvalue weighted by Gasteiger charge is -2.25. The molecule has 12 heavy (non-hydrogen) atoms. The van der Waals surface area contributed by atoms with Crippen molar-refractivity contribution < 1.29 is 0 Å². The summed E-state index contributed by atoms with van der Waals surface area (Å²) in [5, 5.41) is 10.1. The molecule has 0 bridgehead atoms. The fourth-order valence-corrected chi connectivity index (χ4v) is 1.76. The minimum atomic E-state index is 0.257. The van der Waals surface area contributed by atoms with Crippen molar-refractivity contribution in [1.29, 1.82) is 5.41 Å². The summed E-state index contributed by atoms with van der Waals surface area (Å²) in [5.74, 6) is 0.999. The van der Waals surface area contributed by atoms with Crippen LogP contribution in [-0.4, -0.2) is 12.4 Å². The second-order valence-corrected chi connectivity index (χ2v) is 3.48. The fraction of sp³-hybridized carbons (Fsp3) is 0.875. The summed E-state index contributed by atoms with van der Waals surface area (Å²) in [5.41, 5.74) is 5.38. The molecule has 4 heteroatoms. The summed E-state index contributed by atoms with van der Waals surface area (Å²) >= 11 is 0. The van der Waals surface area contributed by atoms with Crippen LogP contribution in [0.5, 0.6) is 0 Å². The molecule has 0 radical (unpaired) electrons. The Balaban J connectivity index is 2.29. The summed E-state index contributed by atoms with van der Waals surface area (Å²) in [4.78, 5) is 9.97. The van der Waals surface area contributed by atoms with Crippen molar-refractivity contribution in [3.05, 3.63) is 4.91 Å². The van der Waals surface area contributed by atoms with Gasteiger partial charge in [0.15, 0.2) is 0 Å². The van der Waals surface area contributed by atoms with Gasteiger partial charge in [-0.05, 0) is 31.6 Å². The Morgan fingerprint density at radius 3 is 2.42 bits per heavy atom. The summed E-state index contributed by atoms with van der Waals surface area (Å²) in [6, 6.07) is 0. The van der Waals surface area contributed by atoms with Crippen molar-refractivity contribution in [3.63, 3.8) is 0 Å². The Morgan fingerprint density at radius 2 is 2.00 bits per heavy atom. The number of nitrogens with two attached hydrogens (primary N) is 1. The van der Waals surface area contributed by atoms with Gasteiger partial charge in [0, 0.05) is 5.92 Å². The van der Waals surface area contributed by atoms with Gasteiger partial charge >= 0.3 is 0 Å². The molecule has 0 atom stereocenters. The molecule has 3 N–H and O–H groups in total. The lowest BCUT2D eigenvalue weighted by Crippen LogP contribution is -2.27. The van der Waals surface area contributed by atoms with Crippen molar-refractivity contribution in [2.45, 2.75) is 25.7 Å². The zero-order valence-electron chi connectivity index (χ0n) is 7.12. The minimum absolute atomic E-state index is 0.257. The van der Waals surface area contributed by atoms with E-state index in [-0.39, 0.29) is 5.92 Å². The van der Waals surface area contributed by atoms with Crippen LogP contribution in [0.15, 0.2) is 5.18 Å². The first-order valence-corrected chi connectivity index (χ1v) is 4.37. The van der Waals surface area contributed by atoms with Crippen molar-refractivity contribution in [1.82, 2.24) is 0 Å². The maximum atomic E-state index is 9.97. The van der Waals surface area contributed by atoms with Crippen LogP contribution >= 0.6 is 0 Å². The van der Waals surface area contributed by atoms with E-state index in [1.807, 2.05) is 0 Å². The highest BCUT2D eigenvalue weighted by Crippen LogP contribution is 2.28. The second kappa shape index (κ2) is 4.18. The topological polar surface area (TPSA) is 79.3 Å². The quantitative estimate of drug-likeness (QED) is 0.381. The van der Waals surface area contributed by atoms with Crippen LogP contribution in [0.25, 0.3) is 0 Å². The fourth-order valence-electron chi connectivity index (χ4n) is 1.76. The highest BCUT2D eigenvalue weighted by Gasteiger charge is 2.22. The van der Waals surface area contributed by atoms with Gasteiger partial charge in [0.25, 0.3) is 0 Å². The Labute approximate surface area is 72.0 Å². The van der Waals surface area contributed by atoms with Gasteiger partial charge < -0.3 is 5.73 Å². The Hall–Kier alpha value is -0.930. The van der Waals surface area contributed by atoms with Gasteiger partial charge in [0.1, 0.15) is 0 Å². The molecule has 0 aromatic heterocycles. The Bertz CT molecular complexity index is 173. The smallest absolute Gasteiger partial charge is 0.0936 e. The molecule has 0 amide bonds. The molecule has 0 aromatic carbocycles. The minimum Gasteiger partial charge on any atom is -0.387 e. The van der Waals surface area contributed by atoms with E-state index in [0.29, 0.717) is 18.3 Å². The van der Waals surface area contributed by atoms with E-state index >= 15 is 0 Å². The number of hydrogen-bond acceptors (Lipinski definition) is 3. The maximum Gasteiger partial charge on any atom is 0.0936 e. The first-order valence-electron chi connectivity index (χ1n) is 4.37. The molecule has 0 spiro atoms. The van der Waals surface area contributed by atoms with Crippen molar-refractivity contribution in [2.24, 2.45) is 22.7 Å². The third kappa shape index (κ3) is 2.29. The lowest BCUT2D eigenvalue weighted by atomic mass is 9.81. The second-order valence-electron chi connectivity index (χ2n) is 3.48. The molecule has 68 valence electrons.